The number of thiazole rings is 1. The lowest BCUT2D eigenvalue weighted by molar-refractivity contribution is 0.0473. The molecular formula is C22H13FN2O3S2. The first-order valence-corrected chi connectivity index (χ1v) is 10.6. The second kappa shape index (κ2) is 7.47. The van der Waals surface area contributed by atoms with Gasteiger partial charge in [0.15, 0.2) is 4.96 Å². The summed E-state index contributed by atoms with van der Waals surface area (Å²) in [4.78, 5) is 31.3. The van der Waals surface area contributed by atoms with Crippen molar-refractivity contribution in [3.63, 3.8) is 0 Å². The third-order valence-corrected chi connectivity index (χ3v) is 6.67. The summed E-state index contributed by atoms with van der Waals surface area (Å²) in [6.07, 6.45) is 0. The highest BCUT2D eigenvalue weighted by Gasteiger charge is 2.14. The van der Waals surface area contributed by atoms with Gasteiger partial charge in [0.25, 0.3) is 5.56 Å². The Morgan fingerprint density at radius 3 is 2.67 bits per heavy atom. The maximum Gasteiger partial charge on any atom is 0.348 e. The molecule has 0 amide bonds. The molecule has 0 aliphatic rings. The van der Waals surface area contributed by atoms with Crippen molar-refractivity contribution < 1.29 is 13.9 Å². The summed E-state index contributed by atoms with van der Waals surface area (Å²) in [6.45, 7) is -0.0946. The van der Waals surface area contributed by atoms with E-state index in [4.69, 9.17) is 4.74 Å². The van der Waals surface area contributed by atoms with Crippen LogP contribution in [0.5, 0.6) is 0 Å². The monoisotopic (exact) mass is 436 g/mol. The molecule has 5 nitrogen and oxygen atoms in total. The first kappa shape index (κ1) is 18.7. The number of thiophene rings is 1. The lowest BCUT2D eigenvalue weighted by atomic mass is 10.2. The highest BCUT2D eigenvalue weighted by molar-refractivity contribution is 7.23. The predicted octanol–water partition coefficient (Wildman–Crippen LogP) is 5.13. The number of carbonyl (C=O) groups is 1. The van der Waals surface area contributed by atoms with Crippen LogP contribution in [-0.2, 0) is 11.3 Å². The molecule has 3 heterocycles. The fourth-order valence-electron chi connectivity index (χ4n) is 3.12. The molecule has 0 aliphatic heterocycles. The summed E-state index contributed by atoms with van der Waals surface area (Å²) in [5, 5.41) is 0. The fraction of sp³-hybridized carbons (Fsp3) is 0.0455. The van der Waals surface area contributed by atoms with Crippen LogP contribution < -0.4 is 5.56 Å². The molecule has 8 heteroatoms. The van der Waals surface area contributed by atoms with Gasteiger partial charge in [0.1, 0.15) is 17.3 Å². The van der Waals surface area contributed by atoms with E-state index in [-0.39, 0.29) is 18.0 Å². The van der Waals surface area contributed by atoms with Crippen LogP contribution in [0.3, 0.4) is 0 Å². The number of hydrogen-bond donors (Lipinski definition) is 0. The minimum absolute atomic E-state index is 0.0946. The zero-order chi connectivity index (χ0) is 20.7. The van der Waals surface area contributed by atoms with Gasteiger partial charge in [-0.15, -0.1) is 11.3 Å². The van der Waals surface area contributed by atoms with Gasteiger partial charge in [0.05, 0.1) is 15.9 Å². The molecule has 5 rings (SSSR count). The molecule has 0 atom stereocenters. The molecule has 0 fully saturated rings. The second-order valence-corrected chi connectivity index (χ2v) is 8.61. The highest BCUT2D eigenvalue weighted by atomic mass is 32.1. The summed E-state index contributed by atoms with van der Waals surface area (Å²) < 4.78 is 21.0. The lowest BCUT2D eigenvalue weighted by Gasteiger charge is -2.03. The zero-order valence-electron chi connectivity index (χ0n) is 15.4. The van der Waals surface area contributed by atoms with E-state index in [9.17, 15) is 14.0 Å². The molecule has 0 aliphatic carbocycles. The average Bonchev–Trinajstić information content (AvgIpc) is 3.37. The largest absolute Gasteiger partial charge is 0.455 e. The van der Waals surface area contributed by atoms with Crippen LogP contribution in [0.2, 0.25) is 0 Å². The van der Waals surface area contributed by atoms with E-state index in [0.29, 0.717) is 15.5 Å². The summed E-state index contributed by atoms with van der Waals surface area (Å²) in [5.74, 6) is -0.805. The topological polar surface area (TPSA) is 60.7 Å². The van der Waals surface area contributed by atoms with Crippen molar-refractivity contribution >= 4 is 43.8 Å². The number of carbonyl (C=O) groups excluding carboxylic acids is 1. The number of esters is 1. The molecule has 0 saturated carbocycles. The number of halogens is 1. The van der Waals surface area contributed by atoms with Crippen LogP contribution in [0.25, 0.3) is 25.6 Å². The molecular weight excluding hydrogens is 423 g/mol. The van der Waals surface area contributed by atoms with Crippen molar-refractivity contribution in [2.45, 2.75) is 6.61 Å². The van der Waals surface area contributed by atoms with Gasteiger partial charge in [0, 0.05) is 10.9 Å². The number of nitrogens with zero attached hydrogens (tertiary/aromatic N) is 2. The third kappa shape index (κ3) is 3.40. The van der Waals surface area contributed by atoms with Gasteiger partial charge >= 0.3 is 5.97 Å². The summed E-state index contributed by atoms with van der Waals surface area (Å²) >= 11 is 2.67. The maximum absolute atomic E-state index is 13.1. The second-order valence-electron chi connectivity index (χ2n) is 6.52. The van der Waals surface area contributed by atoms with Crippen LogP contribution in [0.1, 0.15) is 15.4 Å². The molecule has 2 aromatic carbocycles. The first-order chi connectivity index (χ1) is 14.6. The number of aromatic nitrogens is 2. The van der Waals surface area contributed by atoms with Gasteiger partial charge in [-0.3, -0.25) is 9.20 Å². The quantitative estimate of drug-likeness (QED) is 0.366. The Kier molecular flexibility index (Phi) is 4.65. The standard InChI is InChI=1S/C22H13FN2O3S2/c23-14-7-5-13(6-8-14)17-9-10-19(29-17)21(27)28-12-15-11-20(26)25-16-3-1-2-4-18(16)30-22(25)24-15/h1-11H,12H2. The Morgan fingerprint density at radius 2 is 1.83 bits per heavy atom. The number of para-hydroxylation sites is 1. The summed E-state index contributed by atoms with van der Waals surface area (Å²) in [7, 11) is 0. The van der Waals surface area contributed by atoms with Gasteiger partial charge < -0.3 is 4.74 Å². The number of hydrogen-bond acceptors (Lipinski definition) is 6. The highest BCUT2D eigenvalue weighted by Crippen LogP contribution is 2.29. The van der Waals surface area contributed by atoms with E-state index in [1.165, 1.54) is 40.9 Å². The van der Waals surface area contributed by atoms with Gasteiger partial charge in [-0.05, 0) is 42.0 Å². The Morgan fingerprint density at radius 1 is 1.03 bits per heavy atom. The molecule has 3 aromatic heterocycles. The number of ether oxygens (including phenoxy) is 1. The molecule has 0 radical (unpaired) electrons. The SMILES string of the molecule is O=C(OCc1cc(=O)n2c(n1)sc1ccccc12)c1ccc(-c2ccc(F)cc2)s1. The van der Waals surface area contributed by atoms with Crippen molar-refractivity contribution in [2.75, 3.05) is 0 Å². The van der Waals surface area contributed by atoms with Crippen LogP contribution in [0.4, 0.5) is 4.39 Å². The van der Waals surface area contributed by atoms with E-state index >= 15 is 0 Å². The maximum atomic E-state index is 13.1. The smallest absolute Gasteiger partial charge is 0.348 e. The molecule has 0 spiro atoms. The zero-order valence-corrected chi connectivity index (χ0v) is 17.0. The third-order valence-electron chi connectivity index (χ3n) is 4.54. The van der Waals surface area contributed by atoms with E-state index in [1.54, 1.807) is 28.7 Å². The Balaban J connectivity index is 1.35. The minimum atomic E-state index is -0.494. The van der Waals surface area contributed by atoms with Crippen LogP contribution >= 0.6 is 22.7 Å². The van der Waals surface area contributed by atoms with Gasteiger partial charge in [-0.2, -0.15) is 0 Å². The Hall–Kier alpha value is -3.36. The van der Waals surface area contributed by atoms with E-state index in [1.807, 2.05) is 24.3 Å². The van der Waals surface area contributed by atoms with Crippen LogP contribution in [0, 0.1) is 5.82 Å². The summed E-state index contributed by atoms with van der Waals surface area (Å²) in [5.41, 5.74) is 1.82. The fourth-order valence-corrected chi connectivity index (χ4v) is 5.08. The van der Waals surface area contributed by atoms with Crippen molar-refractivity contribution in [3.05, 3.63) is 93.5 Å². The molecule has 30 heavy (non-hydrogen) atoms. The molecule has 148 valence electrons. The van der Waals surface area contributed by atoms with E-state index in [0.717, 1.165) is 20.7 Å². The predicted molar refractivity (Wildman–Crippen MR) is 116 cm³/mol. The van der Waals surface area contributed by atoms with Crippen molar-refractivity contribution in [2.24, 2.45) is 0 Å². The molecule has 0 bridgehead atoms. The molecule has 0 N–H and O–H groups in total. The minimum Gasteiger partial charge on any atom is -0.455 e. The number of fused-ring (bicyclic) bond motifs is 3. The first-order valence-electron chi connectivity index (χ1n) is 9.01. The molecule has 0 saturated heterocycles. The Labute approximate surface area is 177 Å². The van der Waals surface area contributed by atoms with Gasteiger partial charge in [-0.1, -0.05) is 35.6 Å². The van der Waals surface area contributed by atoms with Crippen molar-refractivity contribution in [1.29, 1.82) is 0 Å². The number of benzene rings is 2. The van der Waals surface area contributed by atoms with Gasteiger partial charge in [-0.25, -0.2) is 14.2 Å². The van der Waals surface area contributed by atoms with Gasteiger partial charge in [0.2, 0.25) is 0 Å². The Bertz CT molecular complexity index is 1450. The number of rotatable bonds is 4. The van der Waals surface area contributed by atoms with Crippen LogP contribution in [-0.4, -0.2) is 15.4 Å². The van der Waals surface area contributed by atoms with E-state index in [2.05, 4.69) is 4.98 Å². The normalized spacial score (nSPS) is 11.2. The molecule has 0 unspecified atom stereocenters. The van der Waals surface area contributed by atoms with E-state index < -0.39 is 5.97 Å². The van der Waals surface area contributed by atoms with Crippen molar-refractivity contribution in [3.8, 4) is 10.4 Å². The van der Waals surface area contributed by atoms with Crippen molar-refractivity contribution in [1.82, 2.24) is 9.38 Å². The summed E-state index contributed by atoms with van der Waals surface area (Å²) in [6, 6.07) is 18.5. The molecule has 5 aromatic rings. The average molecular weight is 436 g/mol. The van der Waals surface area contributed by atoms with Crippen LogP contribution in [0.15, 0.2) is 71.5 Å². The lowest BCUT2D eigenvalue weighted by Crippen LogP contribution is -2.15.